The Morgan fingerprint density at radius 2 is 1.65 bits per heavy atom. The van der Waals surface area contributed by atoms with E-state index in [1.54, 1.807) is 76.8 Å². The quantitative estimate of drug-likeness (QED) is 0.584. The second-order valence-electron chi connectivity index (χ2n) is 7.77. The molecular weight excluding hydrogens is 436 g/mol. The third-order valence-electron chi connectivity index (χ3n) is 5.43. The number of hydrogen-bond donors (Lipinski definition) is 2. The van der Waals surface area contributed by atoms with Crippen molar-refractivity contribution in [2.45, 2.75) is 6.61 Å². The lowest BCUT2D eigenvalue weighted by atomic mass is 10.1. The lowest BCUT2D eigenvalue weighted by Crippen LogP contribution is -2.51. The Labute approximate surface area is 196 Å². The molecule has 9 heteroatoms. The predicted molar refractivity (Wildman–Crippen MR) is 125 cm³/mol. The van der Waals surface area contributed by atoms with E-state index in [-0.39, 0.29) is 24.1 Å². The Hall–Kier alpha value is -4.40. The maximum absolute atomic E-state index is 13.0. The number of rotatable bonds is 6. The molecule has 34 heavy (non-hydrogen) atoms. The normalized spacial score (nSPS) is 13.3. The standard InChI is InChI=1S/C25H24N4O5/c30-23(28-10-12-29(13-11-28)25(33)27-21-7-3-9-26-16-21)19-5-2-8-22(15-19)34-17-18-4-1-6-20(14-18)24(31)32/h1-9,14-16H,10-13,17H2,(H,27,33)(H,31,32). The van der Waals surface area contributed by atoms with Crippen molar-refractivity contribution in [3.8, 4) is 5.75 Å². The Bertz CT molecular complexity index is 1180. The molecule has 174 valence electrons. The molecule has 0 bridgehead atoms. The highest BCUT2D eigenvalue weighted by molar-refractivity contribution is 5.95. The molecule has 0 unspecified atom stereocenters. The third-order valence-corrected chi connectivity index (χ3v) is 5.43. The molecule has 0 radical (unpaired) electrons. The largest absolute Gasteiger partial charge is 0.489 e. The van der Waals surface area contributed by atoms with Crippen molar-refractivity contribution in [1.29, 1.82) is 0 Å². The maximum atomic E-state index is 13.0. The van der Waals surface area contributed by atoms with Crippen LogP contribution in [-0.2, 0) is 6.61 Å². The summed E-state index contributed by atoms with van der Waals surface area (Å²) in [5.41, 5.74) is 2.03. The molecule has 1 aromatic heterocycles. The minimum atomic E-state index is -0.996. The molecule has 3 aromatic rings. The van der Waals surface area contributed by atoms with Gasteiger partial charge in [0.1, 0.15) is 12.4 Å². The van der Waals surface area contributed by atoms with E-state index in [0.717, 1.165) is 5.56 Å². The van der Waals surface area contributed by atoms with Crippen molar-refractivity contribution in [2.75, 3.05) is 31.5 Å². The zero-order valence-corrected chi connectivity index (χ0v) is 18.4. The van der Waals surface area contributed by atoms with Gasteiger partial charge in [-0.25, -0.2) is 9.59 Å². The number of ether oxygens (including phenoxy) is 1. The molecule has 0 spiro atoms. The van der Waals surface area contributed by atoms with E-state index in [1.807, 2.05) is 0 Å². The topological polar surface area (TPSA) is 112 Å². The second-order valence-corrected chi connectivity index (χ2v) is 7.77. The highest BCUT2D eigenvalue weighted by Crippen LogP contribution is 2.18. The van der Waals surface area contributed by atoms with Crippen LogP contribution in [0, 0.1) is 0 Å². The second kappa shape index (κ2) is 10.5. The third kappa shape index (κ3) is 5.69. The molecular formula is C25H24N4O5. The van der Waals surface area contributed by atoms with Crippen LogP contribution in [0.4, 0.5) is 10.5 Å². The fourth-order valence-corrected chi connectivity index (χ4v) is 3.61. The summed E-state index contributed by atoms with van der Waals surface area (Å²) < 4.78 is 5.78. The molecule has 0 atom stereocenters. The molecule has 0 aliphatic carbocycles. The fraction of sp³-hybridized carbons (Fsp3) is 0.200. The van der Waals surface area contributed by atoms with Gasteiger partial charge in [-0.05, 0) is 48.0 Å². The maximum Gasteiger partial charge on any atom is 0.335 e. The predicted octanol–water partition coefficient (Wildman–Crippen LogP) is 3.35. The summed E-state index contributed by atoms with van der Waals surface area (Å²) in [6.45, 7) is 1.88. The molecule has 1 saturated heterocycles. The van der Waals surface area contributed by atoms with Crippen molar-refractivity contribution in [2.24, 2.45) is 0 Å². The Kier molecular flexibility index (Phi) is 7.02. The number of benzene rings is 2. The van der Waals surface area contributed by atoms with Crippen LogP contribution in [0.15, 0.2) is 73.1 Å². The van der Waals surface area contributed by atoms with Crippen LogP contribution in [0.1, 0.15) is 26.3 Å². The van der Waals surface area contributed by atoms with Gasteiger partial charge in [0.05, 0.1) is 17.4 Å². The minimum Gasteiger partial charge on any atom is -0.489 e. The molecule has 3 amide bonds. The van der Waals surface area contributed by atoms with Crippen molar-refractivity contribution in [3.63, 3.8) is 0 Å². The summed E-state index contributed by atoms with van der Waals surface area (Å²) in [5, 5.41) is 11.9. The van der Waals surface area contributed by atoms with Gasteiger partial charge in [0.2, 0.25) is 0 Å². The average Bonchev–Trinajstić information content (AvgIpc) is 2.88. The monoisotopic (exact) mass is 460 g/mol. The summed E-state index contributed by atoms with van der Waals surface area (Å²) >= 11 is 0. The number of carboxylic acid groups (broad SMARTS) is 1. The molecule has 0 saturated carbocycles. The number of hydrogen-bond acceptors (Lipinski definition) is 5. The van der Waals surface area contributed by atoms with E-state index < -0.39 is 5.97 Å². The first kappa shape index (κ1) is 22.8. The number of nitrogens with zero attached hydrogens (tertiary/aromatic N) is 3. The van der Waals surface area contributed by atoms with Gasteiger partial charge in [0.25, 0.3) is 5.91 Å². The number of anilines is 1. The summed E-state index contributed by atoms with van der Waals surface area (Å²) in [6.07, 6.45) is 3.21. The number of pyridine rings is 1. The molecule has 1 aliphatic rings. The molecule has 2 N–H and O–H groups in total. The number of aromatic nitrogens is 1. The Morgan fingerprint density at radius 1 is 0.912 bits per heavy atom. The highest BCUT2D eigenvalue weighted by atomic mass is 16.5. The first-order valence-electron chi connectivity index (χ1n) is 10.8. The lowest BCUT2D eigenvalue weighted by Gasteiger charge is -2.34. The SMILES string of the molecule is O=C(O)c1cccc(COc2cccc(C(=O)N3CCN(C(=O)Nc4cccnc4)CC3)c2)c1. The lowest BCUT2D eigenvalue weighted by molar-refractivity contribution is 0.0669. The van der Waals surface area contributed by atoms with Crippen LogP contribution in [0.5, 0.6) is 5.75 Å². The van der Waals surface area contributed by atoms with Gasteiger partial charge in [0, 0.05) is 37.9 Å². The van der Waals surface area contributed by atoms with E-state index in [4.69, 9.17) is 9.84 Å². The fourth-order valence-electron chi connectivity index (χ4n) is 3.61. The summed E-state index contributed by atoms with van der Waals surface area (Å²) in [4.78, 5) is 43.9. The van der Waals surface area contributed by atoms with Crippen molar-refractivity contribution < 1.29 is 24.2 Å². The van der Waals surface area contributed by atoms with Crippen LogP contribution in [-0.4, -0.2) is 64.0 Å². The number of aromatic carboxylic acids is 1. The number of carbonyl (C=O) groups excluding carboxylic acids is 2. The van der Waals surface area contributed by atoms with Crippen LogP contribution in [0.25, 0.3) is 0 Å². The average molecular weight is 460 g/mol. The van der Waals surface area contributed by atoms with E-state index in [2.05, 4.69) is 10.3 Å². The van der Waals surface area contributed by atoms with Gasteiger partial charge in [-0.3, -0.25) is 9.78 Å². The Balaban J connectivity index is 1.31. The summed E-state index contributed by atoms with van der Waals surface area (Å²) in [6, 6.07) is 16.7. The van der Waals surface area contributed by atoms with Gasteiger partial charge < -0.3 is 25.0 Å². The molecule has 1 fully saturated rings. The minimum absolute atomic E-state index is 0.134. The van der Waals surface area contributed by atoms with Crippen molar-refractivity contribution in [1.82, 2.24) is 14.8 Å². The summed E-state index contributed by atoms with van der Waals surface area (Å²) in [7, 11) is 0. The van der Waals surface area contributed by atoms with E-state index in [9.17, 15) is 14.4 Å². The van der Waals surface area contributed by atoms with E-state index >= 15 is 0 Å². The highest BCUT2D eigenvalue weighted by Gasteiger charge is 2.25. The van der Waals surface area contributed by atoms with Gasteiger partial charge >= 0.3 is 12.0 Å². The first-order valence-corrected chi connectivity index (χ1v) is 10.8. The summed E-state index contributed by atoms with van der Waals surface area (Å²) in [5.74, 6) is -0.615. The van der Waals surface area contributed by atoms with Crippen molar-refractivity contribution in [3.05, 3.63) is 89.7 Å². The van der Waals surface area contributed by atoms with Gasteiger partial charge in [-0.15, -0.1) is 0 Å². The molecule has 1 aliphatic heterocycles. The molecule has 2 aromatic carbocycles. The molecule has 2 heterocycles. The number of carbonyl (C=O) groups is 3. The number of piperazine rings is 1. The van der Waals surface area contributed by atoms with Crippen LogP contribution in [0.3, 0.4) is 0 Å². The molecule has 9 nitrogen and oxygen atoms in total. The van der Waals surface area contributed by atoms with E-state index in [1.165, 1.54) is 6.07 Å². The first-order chi connectivity index (χ1) is 16.5. The zero-order valence-electron chi connectivity index (χ0n) is 18.4. The number of carboxylic acids is 1. The number of amides is 3. The van der Waals surface area contributed by atoms with Crippen LogP contribution in [0.2, 0.25) is 0 Å². The van der Waals surface area contributed by atoms with Crippen LogP contribution < -0.4 is 10.1 Å². The number of nitrogens with one attached hydrogen (secondary N) is 1. The van der Waals surface area contributed by atoms with Gasteiger partial charge in [-0.2, -0.15) is 0 Å². The van der Waals surface area contributed by atoms with Crippen LogP contribution >= 0.6 is 0 Å². The number of urea groups is 1. The van der Waals surface area contributed by atoms with E-state index in [0.29, 0.717) is 43.2 Å². The van der Waals surface area contributed by atoms with Crippen molar-refractivity contribution >= 4 is 23.6 Å². The van der Waals surface area contributed by atoms with Gasteiger partial charge in [0.15, 0.2) is 0 Å². The molecule has 4 rings (SSSR count). The van der Waals surface area contributed by atoms with Gasteiger partial charge in [-0.1, -0.05) is 18.2 Å². The Morgan fingerprint density at radius 3 is 2.38 bits per heavy atom. The smallest absolute Gasteiger partial charge is 0.335 e. The zero-order chi connectivity index (χ0) is 23.9.